The number of hydrogen-bond acceptors (Lipinski definition) is 8. The molecule has 0 bridgehead atoms. The number of benzene rings is 2. The van der Waals surface area contributed by atoms with Crippen molar-refractivity contribution in [1.29, 1.82) is 0 Å². The third-order valence-electron chi connectivity index (χ3n) is 6.97. The van der Waals surface area contributed by atoms with Crippen molar-refractivity contribution in [2.75, 3.05) is 32.1 Å². The smallest absolute Gasteiger partial charge is 0.325 e. The quantitative estimate of drug-likeness (QED) is 0.293. The van der Waals surface area contributed by atoms with E-state index in [2.05, 4.69) is 32.5 Å². The van der Waals surface area contributed by atoms with Crippen LogP contribution in [0.1, 0.15) is 63.2 Å². The summed E-state index contributed by atoms with van der Waals surface area (Å²) in [5, 5.41) is 5.80. The zero-order valence-electron chi connectivity index (χ0n) is 24.5. The maximum Gasteiger partial charge on any atom is 0.325 e. The minimum Gasteiger partial charge on any atom is -0.492 e. The van der Waals surface area contributed by atoms with Crippen LogP contribution in [0.15, 0.2) is 60.9 Å². The SMILES string of the molecule is CN(CCOc1ccc(Nc2ncc(-c3ccc(C(=O)NCC(=O)OC(C)(C)C)cc3)cn2)cc1)C1CCCCC1. The summed E-state index contributed by atoms with van der Waals surface area (Å²) in [6.45, 7) is 6.75. The molecule has 1 fully saturated rings. The molecule has 1 aliphatic rings. The fraction of sp³-hybridized carbons (Fsp3) is 0.438. The molecule has 1 amide bonds. The Morgan fingerprint density at radius 1 is 0.927 bits per heavy atom. The normalized spacial score (nSPS) is 14.0. The van der Waals surface area contributed by atoms with Crippen molar-refractivity contribution >= 4 is 23.5 Å². The number of carbonyl (C=O) groups excluding carboxylic acids is 2. The van der Waals surface area contributed by atoms with Gasteiger partial charge in [0.25, 0.3) is 5.91 Å². The number of nitrogens with one attached hydrogen (secondary N) is 2. The summed E-state index contributed by atoms with van der Waals surface area (Å²) < 4.78 is 11.2. The Kier molecular flexibility index (Phi) is 10.3. The van der Waals surface area contributed by atoms with Crippen LogP contribution in [0.2, 0.25) is 0 Å². The molecule has 4 rings (SSSR count). The Morgan fingerprint density at radius 2 is 1.59 bits per heavy atom. The van der Waals surface area contributed by atoms with E-state index in [0.717, 1.165) is 29.1 Å². The Bertz CT molecular complexity index is 1270. The molecule has 1 aliphatic carbocycles. The van der Waals surface area contributed by atoms with E-state index in [1.54, 1.807) is 45.3 Å². The van der Waals surface area contributed by atoms with Gasteiger partial charge >= 0.3 is 5.97 Å². The highest BCUT2D eigenvalue weighted by Crippen LogP contribution is 2.23. The molecule has 2 N–H and O–H groups in total. The minimum atomic E-state index is -0.596. The lowest BCUT2D eigenvalue weighted by Crippen LogP contribution is -2.36. The summed E-state index contributed by atoms with van der Waals surface area (Å²) in [6, 6.07) is 15.5. The molecule has 1 saturated carbocycles. The molecule has 41 heavy (non-hydrogen) atoms. The van der Waals surface area contributed by atoms with E-state index in [-0.39, 0.29) is 12.5 Å². The van der Waals surface area contributed by atoms with Crippen LogP contribution in [0.25, 0.3) is 11.1 Å². The highest BCUT2D eigenvalue weighted by Gasteiger charge is 2.18. The fourth-order valence-corrected chi connectivity index (χ4v) is 4.76. The van der Waals surface area contributed by atoms with Crippen molar-refractivity contribution in [1.82, 2.24) is 20.2 Å². The second kappa shape index (κ2) is 14.1. The van der Waals surface area contributed by atoms with Gasteiger partial charge in [-0.15, -0.1) is 0 Å². The maximum absolute atomic E-state index is 12.4. The van der Waals surface area contributed by atoms with E-state index in [1.165, 1.54) is 32.1 Å². The standard InChI is InChI=1S/C32H41N5O4/c1-32(2,3)41-29(38)22-33-30(39)24-12-10-23(11-13-24)25-20-34-31(35-21-25)36-26-14-16-28(17-15-26)40-19-18-37(4)27-8-6-5-7-9-27/h10-17,20-21,27H,5-9,18-19,22H2,1-4H3,(H,33,39)(H,34,35,36). The number of esters is 1. The number of carbonyl (C=O) groups is 2. The summed E-state index contributed by atoms with van der Waals surface area (Å²) in [7, 11) is 2.20. The van der Waals surface area contributed by atoms with Crippen LogP contribution in [0.4, 0.5) is 11.6 Å². The Hall–Kier alpha value is -3.98. The summed E-state index contributed by atoms with van der Waals surface area (Å²) in [6.07, 6.45) is 10.1. The Labute approximate surface area is 242 Å². The summed E-state index contributed by atoms with van der Waals surface area (Å²) >= 11 is 0. The predicted octanol–water partition coefficient (Wildman–Crippen LogP) is 5.60. The molecule has 0 radical (unpaired) electrons. The average Bonchev–Trinajstić information content (AvgIpc) is 2.97. The molecule has 9 heteroatoms. The Balaban J connectivity index is 1.23. The zero-order chi connectivity index (χ0) is 29.2. The van der Waals surface area contributed by atoms with Crippen LogP contribution >= 0.6 is 0 Å². The summed E-state index contributed by atoms with van der Waals surface area (Å²) in [5.74, 6) is 0.493. The molecule has 0 aliphatic heterocycles. The van der Waals surface area contributed by atoms with Gasteiger partial charge in [0.2, 0.25) is 5.95 Å². The lowest BCUT2D eigenvalue weighted by Gasteiger charge is -2.31. The van der Waals surface area contributed by atoms with Crippen LogP contribution in [-0.2, 0) is 9.53 Å². The van der Waals surface area contributed by atoms with Gasteiger partial charge in [-0.05, 0) is 82.6 Å². The number of likely N-dealkylation sites (N-methyl/N-ethyl adjacent to an activating group) is 1. The van der Waals surface area contributed by atoms with Crippen molar-refractivity contribution < 1.29 is 19.1 Å². The molecule has 0 saturated heterocycles. The van der Waals surface area contributed by atoms with E-state index in [0.29, 0.717) is 24.2 Å². The van der Waals surface area contributed by atoms with Crippen LogP contribution in [0.3, 0.4) is 0 Å². The lowest BCUT2D eigenvalue weighted by atomic mass is 9.94. The first-order valence-corrected chi connectivity index (χ1v) is 14.3. The van der Waals surface area contributed by atoms with Crippen LogP contribution in [-0.4, -0.2) is 65.1 Å². The minimum absolute atomic E-state index is 0.187. The Morgan fingerprint density at radius 3 is 2.22 bits per heavy atom. The molecule has 1 aromatic heterocycles. The number of aromatic nitrogens is 2. The molecule has 0 atom stereocenters. The van der Waals surface area contributed by atoms with E-state index >= 15 is 0 Å². The first-order chi connectivity index (χ1) is 19.7. The van der Waals surface area contributed by atoms with Gasteiger partial charge in [-0.1, -0.05) is 31.4 Å². The van der Waals surface area contributed by atoms with Gasteiger partial charge in [0.15, 0.2) is 0 Å². The number of rotatable bonds is 11. The van der Waals surface area contributed by atoms with Crippen molar-refractivity contribution in [2.45, 2.75) is 64.5 Å². The van der Waals surface area contributed by atoms with Crippen molar-refractivity contribution in [3.05, 3.63) is 66.5 Å². The molecule has 2 aromatic carbocycles. The van der Waals surface area contributed by atoms with Gasteiger partial charge in [-0.3, -0.25) is 9.59 Å². The highest BCUT2D eigenvalue weighted by atomic mass is 16.6. The maximum atomic E-state index is 12.4. The third kappa shape index (κ3) is 9.56. The van der Waals surface area contributed by atoms with Crippen LogP contribution < -0.4 is 15.4 Å². The molecule has 9 nitrogen and oxygen atoms in total. The number of ether oxygens (including phenoxy) is 2. The van der Waals surface area contributed by atoms with Crippen LogP contribution in [0.5, 0.6) is 5.75 Å². The second-order valence-electron chi connectivity index (χ2n) is 11.4. The lowest BCUT2D eigenvalue weighted by molar-refractivity contribution is -0.153. The second-order valence-corrected chi connectivity index (χ2v) is 11.4. The fourth-order valence-electron chi connectivity index (χ4n) is 4.76. The third-order valence-corrected chi connectivity index (χ3v) is 6.97. The molecular formula is C32H41N5O4. The number of amides is 1. The van der Waals surface area contributed by atoms with Crippen molar-refractivity contribution in [3.63, 3.8) is 0 Å². The van der Waals surface area contributed by atoms with Gasteiger partial charge in [0.05, 0.1) is 0 Å². The first kappa shape index (κ1) is 30.0. The van der Waals surface area contributed by atoms with E-state index in [9.17, 15) is 9.59 Å². The van der Waals surface area contributed by atoms with Gasteiger partial charge in [0, 0.05) is 41.8 Å². The van der Waals surface area contributed by atoms with Gasteiger partial charge < -0.3 is 25.0 Å². The topological polar surface area (TPSA) is 106 Å². The highest BCUT2D eigenvalue weighted by molar-refractivity contribution is 5.96. The zero-order valence-corrected chi connectivity index (χ0v) is 24.5. The summed E-state index contributed by atoms with van der Waals surface area (Å²) in [5.41, 5.74) is 2.40. The summed E-state index contributed by atoms with van der Waals surface area (Å²) in [4.78, 5) is 35.5. The molecule has 218 valence electrons. The van der Waals surface area contributed by atoms with Crippen LogP contribution in [0, 0.1) is 0 Å². The van der Waals surface area contributed by atoms with E-state index in [1.807, 2.05) is 36.4 Å². The number of nitrogens with zero attached hydrogens (tertiary/aromatic N) is 3. The molecule has 0 unspecified atom stereocenters. The average molecular weight is 560 g/mol. The van der Waals surface area contributed by atoms with Gasteiger partial charge in [-0.25, -0.2) is 9.97 Å². The van der Waals surface area contributed by atoms with Gasteiger partial charge in [-0.2, -0.15) is 0 Å². The van der Waals surface area contributed by atoms with E-state index in [4.69, 9.17) is 9.47 Å². The monoisotopic (exact) mass is 559 g/mol. The molecule has 0 spiro atoms. The van der Waals surface area contributed by atoms with E-state index < -0.39 is 11.6 Å². The predicted molar refractivity (Wildman–Crippen MR) is 160 cm³/mol. The van der Waals surface area contributed by atoms with Crippen molar-refractivity contribution in [3.8, 4) is 16.9 Å². The molecule has 3 aromatic rings. The first-order valence-electron chi connectivity index (χ1n) is 14.3. The van der Waals surface area contributed by atoms with Gasteiger partial charge in [0.1, 0.15) is 24.5 Å². The largest absolute Gasteiger partial charge is 0.492 e. The molecular weight excluding hydrogens is 518 g/mol. The van der Waals surface area contributed by atoms with Crippen molar-refractivity contribution in [2.24, 2.45) is 0 Å². The number of hydrogen-bond donors (Lipinski definition) is 2. The number of anilines is 2. The molecule has 1 heterocycles.